The van der Waals surface area contributed by atoms with Crippen LogP contribution in [-0.4, -0.2) is 37.9 Å². The highest BCUT2D eigenvalue weighted by atomic mass is 19.1. The first-order valence-corrected chi connectivity index (χ1v) is 10.1. The van der Waals surface area contributed by atoms with Gasteiger partial charge in [-0.2, -0.15) is 0 Å². The Morgan fingerprint density at radius 1 is 1.16 bits per heavy atom. The Morgan fingerprint density at radius 2 is 1.97 bits per heavy atom. The average molecular weight is 416 g/mol. The normalized spacial score (nSPS) is 16.9. The quantitative estimate of drug-likeness (QED) is 0.527. The third kappa shape index (κ3) is 3.30. The van der Waals surface area contributed by atoms with E-state index < -0.39 is 0 Å². The Labute approximate surface area is 178 Å². The topological polar surface area (TPSA) is 86.8 Å². The molecule has 1 aliphatic rings. The molecule has 1 aliphatic heterocycles. The number of rotatable bonds is 4. The number of fused-ring (bicyclic) bond motifs is 2. The minimum absolute atomic E-state index is 0.0843. The number of hydrogen-bond donors (Lipinski definition) is 2. The van der Waals surface area contributed by atoms with Crippen LogP contribution in [0.15, 0.2) is 55.1 Å². The number of imidazole rings is 1. The number of aromatic amines is 1. The molecule has 2 unspecified atom stereocenters. The number of nitrogens with one attached hydrogen (secondary N) is 2. The minimum atomic E-state index is -0.338. The molecule has 1 amide bonds. The van der Waals surface area contributed by atoms with Gasteiger partial charge in [-0.15, -0.1) is 0 Å². The number of halogens is 1. The van der Waals surface area contributed by atoms with Crippen LogP contribution in [0.1, 0.15) is 28.4 Å². The van der Waals surface area contributed by atoms with E-state index in [0.717, 1.165) is 11.1 Å². The van der Waals surface area contributed by atoms with Crippen LogP contribution in [0.2, 0.25) is 0 Å². The lowest BCUT2D eigenvalue weighted by molar-refractivity contribution is 0.0964. The number of nitrogens with zero attached hydrogens (tertiary/aromatic N) is 4. The maximum Gasteiger partial charge on any atom is 0.259 e. The van der Waals surface area contributed by atoms with Crippen LogP contribution in [0, 0.1) is 12.7 Å². The highest BCUT2D eigenvalue weighted by Gasteiger charge is 2.37. The van der Waals surface area contributed by atoms with E-state index in [2.05, 4.69) is 25.3 Å². The first-order chi connectivity index (χ1) is 15.0. The number of carbonyl (C=O) groups excluding carboxylic acids is 1. The summed E-state index contributed by atoms with van der Waals surface area (Å²) in [6, 6.07) is 11.6. The highest BCUT2D eigenvalue weighted by molar-refractivity contribution is 6.09. The largest absolute Gasteiger partial charge is 0.364 e. The number of anilines is 2. The molecule has 3 heterocycles. The Kier molecular flexibility index (Phi) is 4.62. The summed E-state index contributed by atoms with van der Waals surface area (Å²) in [5, 5.41) is 3.43. The van der Waals surface area contributed by atoms with E-state index in [1.54, 1.807) is 23.4 Å². The molecule has 4 aromatic rings. The van der Waals surface area contributed by atoms with Gasteiger partial charge < -0.3 is 15.2 Å². The van der Waals surface area contributed by atoms with E-state index in [9.17, 15) is 9.18 Å². The first-order valence-electron chi connectivity index (χ1n) is 10.1. The third-order valence-corrected chi connectivity index (χ3v) is 5.82. The van der Waals surface area contributed by atoms with E-state index in [4.69, 9.17) is 0 Å². The van der Waals surface area contributed by atoms with Crippen molar-refractivity contribution in [2.75, 3.05) is 10.2 Å². The van der Waals surface area contributed by atoms with Gasteiger partial charge in [-0.3, -0.25) is 4.79 Å². The SMILES string of the molecule is Cc1cccc2c1C(=O)N(c1ccc(F)cc1)C(C(C)Nc1ncnc3nc[nH]c13)C2. The number of H-pyrrole nitrogens is 1. The number of aryl methyl sites for hydroxylation is 1. The van der Waals surface area contributed by atoms with Crippen molar-refractivity contribution in [3.63, 3.8) is 0 Å². The van der Waals surface area contributed by atoms with E-state index in [-0.39, 0.29) is 23.8 Å². The molecule has 0 bridgehead atoms. The van der Waals surface area contributed by atoms with E-state index in [0.29, 0.717) is 34.7 Å². The van der Waals surface area contributed by atoms with Gasteiger partial charge >= 0.3 is 0 Å². The molecule has 2 N–H and O–H groups in total. The molecule has 0 fully saturated rings. The van der Waals surface area contributed by atoms with Crippen molar-refractivity contribution in [3.8, 4) is 0 Å². The fourth-order valence-electron chi connectivity index (χ4n) is 4.29. The Morgan fingerprint density at radius 3 is 2.77 bits per heavy atom. The molecule has 156 valence electrons. The second-order valence-electron chi connectivity index (χ2n) is 7.79. The zero-order valence-electron chi connectivity index (χ0n) is 17.1. The minimum Gasteiger partial charge on any atom is -0.364 e. The van der Waals surface area contributed by atoms with Crippen LogP contribution in [0.3, 0.4) is 0 Å². The van der Waals surface area contributed by atoms with Gasteiger partial charge in [0, 0.05) is 17.3 Å². The third-order valence-electron chi connectivity index (χ3n) is 5.82. The molecule has 0 aliphatic carbocycles. The van der Waals surface area contributed by atoms with Gasteiger partial charge in [0.15, 0.2) is 11.5 Å². The van der Waals surface area contributed by atoms with Crippen LogP contribution < -0.4 is 10.2 Å². The van der Waals surface area contributed by atoms with Crippen molar-refractivity contribution in [2.24, 2.45) is 0 Å². The summed E-state index contributed by atoms with van der Waals surface area (Å²) in [5.41, 5.74) is 4.60. The summed E-state index contributed by atoms with van der Waals surface area (Å²) in [4.78, 5) is 31.1. The zero-order chi connectivity index (χ0) is 21.5. The van der Waals surface area contributed by atoms with E-state index in [1.165, 1.54) is 18.5 Å². The molecular weight excluding hydrogens is 395 g/mol. The Bertz CT molecular complexity index is 1270. The molecule has 2 aromatic carbocycles. The van der Waals surface area contributed by atoms with Crippen molar-refractivity contribution < 1.29 is 9.18 Å². The first kappa shape index (κ1) is 19.2. The molecule has 0 saturated heterocycles. The molecule has 8 heteroatoms. The smallest absolute Gasteiger partial charge is 0.259 e. The van der Waals surface area contributed by atoms with Gasteiger partial charge in [0.1, 0.15) is 17.7 Å². The lowest BCUT2D eigenvalue weighted by Gasteiger charge is -2.40. The van der Waals surface area contributed by atoms with Gasteiger partial charge in [0.25, 0.3) is 5.91 Å². The number of benzene rings is 2. The number of hydrogen-bond acceptors (Lipinski definition) is 5. The molecule has 0 spiro atoms. The van der Waals surface area contributed by atoms with Gasteiger partial charge in [0.05, 0.1) is 12.4 Å². The number of aromatic nitrogens is 4. The predicted octanol–water partition coefficient (Wildman–Crippen LogP) is 3.87. The van der Waals surface area contributed by atoms with Crippen LogP contribution in [-0.2, 0) is 6.42 Å². The van der Waals surface area contributed by atoms with Crippen LogP contribution in [0.5, 0.6) is 0 Å². The fraction of sp³-hybridized carbons (Fsp3) is 0.217. The Balaban J connectivity index is 1.56. The summed E-state index contributed by atoms with van der Waals surface area (Å²) in [6.07, 6.45) is 3.69. The molecule has 5 rings (SSSR count). The van der Waals surface area contributed by atoms with Gasteiger partial charge in [-0.1, -0.05) is 18.2 Å². The summed E-state index contributed by atoms with van der Waals surface area (Å²) in [7, 11) is 0. The standard InChI is InChI=1S/C23H21FN6O/c1-13-4-3-5-15-10-18(14(2)29-22-20-21(26-11-25-20)27-12-28-22)30(23(31)19(13)15)17-8-6-16(24)7-9-17/h3-9,11-12,14,18H,10H2,1-2H3,(H2,25,26,27,28,29). The van der Waals surface area contributed by atoms with Crippen molar-refractivity contribution >= 4 is 28.6 Å². The number of carbonyl (C=O) groups is 1. The van der Waals surface area contributed by atoms with Crippen molar-refractivity contribution in [1.29, 1.82) is 0 Å². The molecule has 7 nitrogen and oxygen atoms in total. The van der Waals surface area contributed by atoms with Crippen molar-refractivity contribution in [1.82, 2.24) is 19.9 Å². The van der Waals surface area contributed by atoms with E-state index in [1.807, 2.05) is 32.0 Å². The van der Waals surface area contributed by atoms with Gasteiger partial charge in [-0.05, 0) is 55.7 Å². The van der Waals surface area contributed by atoms with Crippen LogP contribution >= 0.6 is 0 Å². The maximum absolute atomic E-state index is 13.6. The Hall–Kier alpha value is -3.81. The summed E-state index contributed by atoms with van der Waals surface area (Å²) >= 11 is 0. The van der Waals surface area contributed by atoms with Crippen LogP contribution in [0.4, 0.5) is 15.9 Å². The maximum atomic E-state index is 13.6. The summed E-state index contributed by atoms with van der Waals surface area (Å²) in [5.74, 6) is 0.200. The molecule has 0 radical (unpaired) electrons. The summed E-state index contributed by atoms with van der Waals surface area (Å²) < 4.78 is 13.6. The average Bonchev–Trinajstić information content (AvgIpc) is 3.24. The van der Waals surface area contributed by atoms with Crippen molar-refractivity contribution in [3.05, 3.63) is 77.6 Å². The number of amides is 1. The molecule has 2 aromatic heterocycles. The molecule has 2 atom stereocenters. The van der Waals surface area contributed by atoms with E-state index >= 15 is 0 Å². The molecule has 0 saturated carbocycles. The molecular formula is C23H21FN6O. The van der Waals surface area contributed by atoms with Gasteiger partial charge in [-0.25, -0.2) is 19.3 Å². The highest BCUT2D eigenvalue weighted by Crippen LogP contribution is 2.32. The summed E-state index contributed by atoms with van der Waals surface area (Å²) in [6.45, 7) is 3.96. The van der Waals surface area contributed by atoms with Gasteiger partial charge in [0.2, 0.25) is 0 Å². The lowest BCUT2D eigenvalue weighted by Crippen LogP contribution is -2.53. The lowest BCUT2D eigenvalue weighted by atomic mass is 9.87. The fourth-order valence-corrected chi connectivity index (χ4v) is 4.29. The zero-order valence-corrected chi connectivity index (χ0v) is 17.1. The van der Waals surface area contributed by atoms with Crippen molar-refractivity contribution in [2.45, 2.75) is 32.4 Å². The second kappa shape index (κ2) is 7.46. The predicted molar refractivity (Wildman–Crippen MR) is 117 cm³/mol. The molecule has 31 heavy (non-hydrogen) atoms. The van der Waals surface area contributed by atoms with Crippen LogP contribution in [0.25, 0.3) is 11.2 Å². The monoisotopic (exact) mass is 416 g/mol. The second-order valence-corrected chi connectivity index (χ2v) is 7.79.